The van der Waals surface area contributed by atoms with E-state index in [2.05, 4.69) is 15.4 Å². The Morgan fingerprint density at radius 1 is 1.04 bits per heavy atom. The molecule has 2 aromatic rings. The number of halogens is 3. The molecule has 0 aliphatic rings. The predicted molar refractivity (Wildman–Crippen MR) is 84.7 cm³/mol. The Kier molecular flexibility index (Phi) is 5.63. The van der Waals surface area contributed by atoms with Gasteiger partial charge in [-0.15, -0.1) is 0 Å². The van der Waals surface area contributed by atoms with Crippen LogP contribution in [0.1, 0.15) is 21.5 Å². The second-order valence-corrected chi connectivity index (χ2v) is 5.19. The number of rotatable bonds is 4. The van der Waals surface area contributed by atoms with E-state index < -0.39 is 29.2 Å². The quantitative estimate of drug-likeness (QED) is 0.828. The second-order valence-electron chi connectivity index (χ2n) is 5.19. The summed E-state index contributed by atoms with van der Waals surface area (Å²) in [5.74, 6) is -3.50. The molecule has 0 radical (unpaired) electrons. The van der Waals surface area contributed by atoms with Gasteiger partial charge in [0.05, 0.1) is 18.4 Å². The number of esters is 1. The van der Waals surface area contributed by atoms with Crippen molar-refractivity contribution in [3.63, 3.8) is 0 Å². The predicted octanol–water partition coefficient (Wildman–Crippen LogP) is 3.52. The minimum absolute atomic E-state index is 0.0691. The Balaban J connectivity index is 2.07. The zero-order valence-corrected chi connectivity index (χ0v) is 13.5. The molecular formula is C17H15F3N2O3. The lowest BCUT2D eigenvalue weighted by Gasteiger charge is -2.11. The largest absolute Gasteiger partial charge is 0.465 e. The molecule has 0 saturated carbocycles. The van der Waals surface area contributed by atoms with E-state index >= 15 is 0 Å². The Morgan fingerprint density at radius 2 is 1.76 bits per heavy atom. The highest BCUT2D eigenvalue weighted by molar-refractivity contribution is 5.94. The molecule has 0 aliphatic carbocycles. The number of amides is 2. The molecule has 0 aliphatic heterocycles. The first-order chi connectivity index (χ1) is 11.8. The van der Waals surface area contributed by atoms with Crippen LogP contribution in [0, 0.1) is 24.4 Å². The molecule has 5 nitrogen and oxygen atoms in total. The van der Waals surface area contributed by atoms with Gasteiger partial charge in [-0.2, -0.15) is 0 Å². The number of benzene rings is 2. The van der Waals surface area contributed by atoms with Gasteiger partial charge in [0.1, 0.15) is 17.5 Å². The van der Waals surface area contributed by atoms with Gasteiger partial charge in [0, 0.05) is 12.6 Å². The molecule has 132 valence electrons. The maximum Gasteiger partial charge on any atom is 0.340 e. The molecule has 2 N–H and O–H groups in total. The molecule has 0 aromatic heterocycles. The van der Waals surface area contributed by atoms with Gasteiger partial charge in [0.2, 0.25) is 0 Å². The van der Waals surface area contributed by atoms with Crippen molar-refractivity contribution in [3.05, 3.63) is 64.5 Å². The average molecular weight is 352 g/mol. The van der Waals surface area contributed by atoms with Crippen LogP contribution < -0.4 is 10.6 Å². The molecule has 0 unspecified atom stereocenters. The molecule has 0 fully saturated rings. The third kappa shape index (κ3) is 4.50. The van der Waals surface area contributed by atoms with Crippen LogP contribution in [-0.2, 0) is 11.3 Å². The molecule has 0 atom stereocenters. The minimum atomic E-state index is -1.10. The van der Waals surface area contributed by atoms with Crippen molar-refractivity contribution in [1.29, 1.82) is 0 Å². The van der Waals surface area contributed by atoms with Crippen LogP contribution in [0.5, 0.6) is 0 Å². The summed E-state index contributed by atoms with van der Waals surface area (Å²) in [5.41, 5.74) is 0.179. The molecule has 0 spiro atoms. The fraction of sp³-hybridized carbons (Fsp3) is 0.176. The van der Waals surface area contributed by atoms with Gasteiger partial charge in [-0.1, -0.05) is 12.1 Å². The molecule has 0 heterocycles. The smallest absolute Gasteiger partial charge is 0.340 e. The number of carbonyl (C=O) groups excluding carboxylic acids is 2. The van der Waals surface area contributed by atoms with Gasteiger partial charge in [-0.3, -0.25) is 0 Å². The van der Waals surface area contributed by atoms with E-state index in [0.29, 0.717) is 17.2 Å². The van der Waals surface area contributed by atoms with Crippen LogP contribution >= 0.6 is 0 Å². The third-order valence-electron chi connectivity index (χ3n) is 3.39. The van der Waals surface area contributed by atoms with Crippen LogP contribution in [-0.4, -0.2) is 19.1 Å². The number of hydrogen-bond donors (Lipinski definition) is 2. The molecule has 2 aromatic carbocycles. The normalized spacial score (nSPS) is 10.3. The number of ether oxygens (including phenoxy) is 1. The van der Waals surface area contributed by atoms with E-state index in [1.165, 1.54) is 12.1 Å². The highest BCUT2D eigenvalue weighted by atomic mass is 19.1. The van der Waals surface area contributed by atoms with E-state index in [4.69, 9.17) is 0 Å². The summed E-state index contributed by atoms with van der Waals surface area (Å²) in [5, 5.41) is 4.63. The van der Waals surface area contributed by atoms with Gasteiger partial charge in [0.15, 0.2) is 0 Å². The minimum Gasteiger partial charge on any atom is -0.465 e. The summed E-state index contributed by atoms with van der Waals surface area (Å²) < 4.78 is 44.9. The number of hydrogen-bond acceptors (Lipinski definition) is 3. The van der Waals surface area contributed by atoms with Gasteiger partial charge in [0.25, 0.3) is 0 Å². The number of methoxy groups -OCH3 is 1. The Hall–Kier alpha value is -3.03. The lowest BCUT2D eigenvalue weighted by Crippen LogP contribution is -2.28. The first-order valence-electron chi connectivity index (χ1n) is 7.19. The summed E-state index contributed by atoms with van der Waals surface area (Å²) in [6, 6.07) is 4.87. The molecule has 2 amide bonds. The zero-order chi connectivity index (χ0) is 18.6. The standard InChI is InChI=1S/C17H15F3N2O3/c1-9-5-10(3-4-12(9)18)8-21-17(24)22-15-6-11(16(23)25-2)13(19)7-14(15)20/h3-7H,8H2,1-2H3,(H2,21,22,24). The fourth-order valence-electron chi connectivity index (χ4n) is 2.08. The fourth-order valence-corrected chi connectivity index (χ4v) is 2.08. The molecule has 8 heteroatoms. The highest BCUT2D eigenvalue weighted by Crippen LogP contribution is 2.20. The molecule has 0 bridgehead atoms. The summed E-state index contributed by atoms with van der Waals surface area (Å²) in [6.07, 6.45) is 0. The summed E-state index contributed by atoms with van der Waals surface area (Å²) in [4.78, 5) is 23.3. The van der Waals surface area contributed by atoms with Crippen molar-refractivity contribution >= 4 is 17.7 Å². The van der Waals surface area contributed by atoms with E-state index in [-0.39, 0.29) is 18.0 Å². The zero-order valence-electron chi connectivity index (χ0n) is 13.5. The number of nitrogens with one attached hydrogen (secondary N) is 2. The Labute approximate surface area is 141 Å². The van der Waals surface area contributed by atoms with Crippen LogP contribution in [0.4, 0.5) is 23.7 Å². The van der Waals surface area contributed by atoms with E-state index in [1.807, 2.05) is 0 Å². The van der Waals surface area contributed by atoms with Crippen LogP contribution in [0.2, 0.25) is 0 Å². The average Bonchev–Trinajstić information content (AvgIpc) is 2.57. The number of carbonyl (C=O) groups is 2. The van der Waals surface area contributed by atoms with Gasteiger partial charge in [-0.25, -0.2) is 22.8 Å². The number of urea groups is 1. The maximum atomic E-state index is 13.7. The Morgan fingerprint density at radius 3 is 2.40 bits per heavy atom. The monoisotopic (exact) mass is 352 g/mol. The topological polar surface area (TPSA) is 67.4 Å². The summed E-state index contributed by atoms with van der Waals surface area (Å²) in [6.45, 7) is 1.65. The lowest BCUT2D eigenvalue weighted by molar-refractivity contribution is 0.0595. The molecule has 0 saturated heterocycles. The van der Waals surface area contributed by atoms with Crippen molar-refractivity contribution in [1.82, 2.24) is 5.32 Å². The summed E-state index contributed by atoms with van der Waals surface area (Å²) >= 11 is 0. The molecular weight excluding hydrogens is 337 g/mol. The first kappa shape index (κ1) is 18.3. The van der Waals surface area contributed by atoms with E-state index in [9.17, 15) is 22.8 Å². The SMILES string of the molecule is COC(=O)c1cc(NC(=O)NCc2ccc(F)c(C)c2)c(F)cc1F. The van der Waals surface area contributed by atoms with E-state index in [1.54, 1.807) is 13.0 Å². The van der Waals surface area contributed by atoms with Crippen molar-refractivity contribution in [2.75, 3.05) is 12.4 Å². The number of anilines is 1. The highest BCUT2D eigenvalue weighted by Gasteiger charge is 2.17. The van der Waals surface area contributed by atoms with Crippen LogP contribution in [0.15, 0.2) is 30.3 Å². The van der Waals surface area contributed by atoms with Crippen molar-refractivity contribution in [2.24, 2.45) is 0 Å². The van der Waals surface area contributed by atoms with Crippen molar-refractivity contribution < 1.29 is 27.5 Å². The Bertz CT molecular complexity index is 825. The van der Waals surface area contributed by atoms with Crippen LogP contribution in [0.25, 0.3) is 0 Å². The van der Waals surface area contributed by atoms with Gasteiger partial charge in [-0.05, 0) is 30.2 Å². The summed E-state index contributed by atoms with van der Waals surface area (Å²) in [7, 11) is 1.05. The van der Waals surface area contributed by atoms with Crippen LogP contribution in [0.3, 0.4) is 0 Å². The first-order valence-corrected chi connectivity index (χ1v) is 7.19. The third-order valence-corrected chi connectivity index (χ3v) is 3.39. The lowest BCUT2D eigenvalue weighted by atomic mass is 10.1. The molecule has 2 rings (SSSR count). The molecule has 25 heavy (non-hydrogen) atoms. The maximum absolute atomic E-state index is 13.7. The van der Waals surface area contributed by atoms with Crippen molar-refractivity contribution in [3.8, 4) is 0 Å². The van der Waals surface area contributed by atoms with Gasteiger partial charge < -0.3 is 15.4 Å². The van der Waals surface area contributed by atoms with E-state index in [0.717, 1.165) is 13.2 Å². The second kappa shape index (κ2) is 7.69. The van der Waals surface area contributed by atoms with Crippen molar-refractivity contribution in [2.45, 2.75) is 13.5 Å². The number of aryl methyl sites for hydroxylation is 1. The van der Waals surface area contributed by atoms with Gasteiger partial charge >= 0.3 is 12.0 Å².